The summed E-state index contributed by atoms with van der Waals surface area (Å²) in [6.45, 7) is 2.76. The zero-order valence-electron chi connectivity index (χ0n) is 12.5. The van der Waals surface area contributed by atoms with Crippen molar-refractivity contribution >= 4 is 16.8 Å². The molecular formula is C18H18N2O2. The van der Waals surface area contributed by atoms with Crippen LogP contribution in [-0.4, -0.2) is 17.4 Å². The van der Waals surface area contributed by atoms with Gasteiger partial charge in [0.05, 0.1) is 6.26 Å². The number of nitrogens with one attached hydrogen (secondary N) is 2. The van der Waals surface area contributed by atoms with Crippen molar-refractivity contribution in [2.75, 3.05) is 6.54 Å². The van der Waals surface area contributed by atoms with E-state index in [-0.39, 0.29) is 11.3 Å². The van der Waals surface area contributed by atoms with Crippen molar-refractivity contribution in [3.63, 3.8) is 0 Å². The highest BCUT2D eigenvalue weighted by atomic mass is 16.3. The van der Waals surface area contributed by atoms with Crippen LogP contribution in [0.2, 0.25) is 0 Å². The lowest BCUT2D eigenvalue weighted by Crippen LogP contribution is -2.32. The summed E-state index contributed by atoms with van der Waals surface area (Å²) in [6.07, 6.45) is 3.73. The molecule has 0 atom stereocenters. The summed E-state index contributed by atoms with van der Waals surface area (Å²) in [5.74, 6) is 0.222. The molecule has 2 heterocycles. The third-order valence-electron chi connectivity index (χ3n) is 4.61. The van der Waals surface area contributed by atoms with E-state index in [0.29, 0.717) is 12.3 Å². The normalized spacial score (nSPS) is 15.9. The van der Waals surface area contributed by atoms with Gasteiger partial charge in [0.25, 0.3) is 5.91 Å². The molecule has 1 fully saturated rings. The SMILES string of the molecule is Cc1[nH]c2ccccc2c1C1(CNC(=O)c2ccco2)CC1. The predicted octanol–water partition coefficient (Wildman–Crippen LogP) is 3.53. The Bertz CT molecular complexity index is 826. The van der Waals surface area contributed by atoms with Crippen LogP contribution >= 0.6 is 0 Å². The number of hydrogen-bond donors (Lipinski definition) is 2. The molecular weight excluding hydrogens is 276 g/mol. The number of aromatic amines is 1. The van der Waals surface area contributed by atoms with Gasteiger partial charge >= 0.3 is 0 Å². The van der Waals surface area contributed by atoms with Gasteiger partial charge in [-0.05, 0) is 43.5 Å². The van der Waals surface area contributed by atoms with Gasteiger partial charge in [-0.15, -0.1) is 0 Å². The van der Waals surface area contributed by atoms with Gasteiger partial charge in [-0.2, -0.15) is 0 Å². The number of carbonyl (C=O) groups is 1. The smallest absolute Gasteiger partial charge is 0.287 e. The van der Waals surface area contributed by atoms with Gasteiger partial charge in [-0.3, -0.25) is 4.79 Å². The molecule has 0 spiro atoms. The minimum Gasteiger partial charge on any atom is -0.459 e. The van der Waals surface area contributed by atoms with Gasteiger partial charge in [0.15, 0.2) is 5.76 Å². The van der Waals surface area contributed by atoms with E-state index in [1.807, 2.05) is 6.07 Å². The highest BCUT2D eigenvalue weighted by molar-refractivity contribution is 5.92. The zero-order valence-corrected chi connectivity index (χ0v) is 12.5. The van der Waals surface area contributed by atoms with Crippen LogP contribution in [-0.2, 0) is 5.41 Å². The van der Waals surface area contributed by atoms with E-state index in [9.17, 15) is 4.79 Å². The fourth-order valence-corrected chi connectivity index (χ4v) is 3.37. The van der Waals surface area contributed by atoms with Gasteiger partial charge in [0.2, 0.25) is 0 Å². The first-order chi connectivity index (χ1) is 10.7. The fourth-order valence-electron chi connectivity index (χ4n) is 3.37. The maximum atomic E-state index is 12.1. The Balaban J connectivity index is 1.61. The molecule has 0 saturated heterocycles. The molecule has 1 aliphatic rings. The molecule has 22 heavy (non-hydrogen) atoms. The summed E-state index contributed by atoms with van der Waals surface area (Å²) in [5.41, 5.74) is 3.78. The number of hydrogen-bond acceptors (Lipinski definition) is 2. The largest absolute Gasteiger partial charge is 0.459 e. The first-order valence-electron chi connectivity index (χ1n) is 7.59. The Morgan fingerprint density at radius 1 is 1.27 bits per heavy atom. The summed E-state index contributed by atoms with van der Waals surface area (Å²) in [7, 11) is 0. The third-order valence-corrected chi connectivity index (χ3v) is 4.61. The maximum absolute atomic E-state index is 12.1. The Kier molecular flexibility index (Phi) is 2.86. The van der Waals surface area contributed by atoms with Crippen LogP contribution in [0.3, 0.4) is 0 Å². The van der Waals surface area contributed by atoms with Crippen LogP contribution in [0.15, 0.2) is 47.1 Å². The number of benzene rings is 1. The molecule has 4 heteroatoms. The molecule has 0 unspecified atom stereocenters. The minimum atomic E-state index is -0.145. The van der Waals surface area contributed by atoms with Crippen LogP contribution in [0.25, 0.3) is 10.9 Å². The molecule has 4 rings (SSSR count). The van der Waals surface area contributed by atoms with E-state index >= 15 is 0 Å². The number of para-hydroxylation sites is 1. The van der Waals surface area contributed by atoms with E-state index in [4.69, 9.17) is 4.42 Å². The molecule has 0 radical (unpaired) electrons. The topological polar surface area (TPSA) is 58.0 Å². The van der Waals surface area contributed by atoms with Gasteiger partial charge in [-0.25, -0.2) is 0 Å². The standard InChI is InChI=1S/C18H18N2O2/c1-12-16(13-5-2-3-6-14(13)20-12)18(8-9-18)11-19-17(21)15-7-4-10-22-15/h2-7,10,20H,8-9,11H2,1H3,(H,19,21). The first kappa shape index (κ1) is 13.2. The lowest BCUT2D eigenvalue weighted by molar-refractivity contribution is 0.0922. The molecule has 112 valence electrons. The average molecular weight is 294 g/mol. The number of amides is 1. The van der Waals surface area contributed by atoms with Crippen molar-refractivity contribution < 1.29 is 9.21 Å². The summed E-state index contributed by atoms with van der Waals surface area (Å²) >= 11 is 0. The van der Waals surface area contributed by atoms with E-state index in [2.05, 4.69) is 35.4 Å². The summed E-state index contributed by atoms with van der Waals surface area (Å²) < 4.78 is 5.15. The van der Waals surface area contributed by atoms with E-state index in [0.717, 1.165) is 12.8 Å². The van der Waals surface area contributed by atoms with Crippen molar-refractivity contribution in [2.45, 2.75) is 25.2 Å². The summed E-state index contributed by atoms with van der Waals surface area (Å²) in [6, 6.07) is 11.8. The minimum absolute atomic E-state index is 0.0614. The lowest BCUT2D eigenvalue weighted by Gasteiger charge is -2.16. The first-order valence-corrected chi connectivity index (χ1v) is 7.59. The highest BCUT2D eigenvalue weighted by Gasteiger charge is 2.47. The van der Waals surface area contributed by atoms with Crippen molar-refractivity contribution in [3.05, 3.63) is 59.7 Å². The molecule has 3 aromatic rings. The van der Waals surface area contributed by atoms with Crippen LogP contribution < -0.4 is 5.32 Å². The van der Waals surface area contributed by atoms with Crippen molar-refractivity contribution in [1.29, 1.82) is 0 Å². The molecule has 1 aromatic carbocycles. The van der Waals surface area contributed by atoms with Crippen LogP contribution in [0, 0.1) is 6.92 Å². The number of H-pyrrole nitrogens is 1. The second-order valence-corrected chi connectivity index (χ2v) is 6.11. The quantitative estimate of drug-likeness (QED) is 0.773. The van der Waals surface area contributed by atoms with Gasteiger partial charge < -0.3 is 14.7 Å². The van der Waals surface area contributed by atoms with Crippen LogP contribution in [0.1, 0.15) is 34.7 Å². The van der Waals surface area contributed by atoms with Gasteiger partial charge in [0.1, 0.15) is 0 Å². The average Bonchev–Trinajstić information content (AvgIpc) is 2.97. The number of fused-ring (bicyclic) bond motifs is 1. The molecule has 1 amide bonds. The molecule has 0 aliphatic heterocycles. The predicted molar refractivity (Wildman–Crippen MR) is 85.0 cm³/mol. The summed E-state index contributed by atoms with van der Waals surface area (Å²) in [4.78, 5) is 15.5. The van der Waals surface area contributed by atoms with Crippen LogP contribution in [0.4, 0.5) is 0 Å². The van der Waals surface area contributed by atoms with Crippen molar-refractivity contribution in [1.82, 2.24) is 10.3 Å². The Labute approximate surface area is 128 Å². The molecule has 2 N–H and O–H groups in total. The van der Waals surface area contributed by atoms with E-state index in [1.54, 1.807) is 12.1 Å². The monoisotopic (exact) mass is 294 g/mol. The second kappa shape index (κ2) is 4.77. The number of rotatable bonds is 4. The van der Waals surface area contributed by atoms with Crippen molar-refractivity contribution in [3.8, 4) is 0 Å². The number of aromatic nitrogens is 1. The molecule has 2 aromatic heterocycles. The van der Waals surface area contributed by atoms with Crippen LogP contribution in [0.5, 0.6) is 0 Å². The lowest BCUT2D eigenvalue weighted by atomic mass is 9.93. The molecule has 1 aliphatic carbocycles. The van der Waals surface area contributed by atoms with Gasteiger partial charge in [0, 0.05) is 28.6 Å². The van der Waals surface area contributed by atoms with Crippen molar-refractivity contribution in [2.24, 2.45) is 0 Å². The third kappa shape index (κ3) is 2.03. The number of carbonyl (C=O) groups excluding carboxylic acids is 1. The number of aryl methyl sites for hydroxylation is 1. The second-order valence-electron chi connectivity index (χ2n) is 6.11. The van der Waals surface area contributed by atoms with E-state index in [1.165, 1.54) is 28.4 Å². The Morgan fingerprint density at radius 3 is 2.82 bits per heavy atom. The molecule has 4 nitrogen and oxygen atoms in total. The highest BCUT2D eigenvalue weighted by Crippen LogP contribution is 2.51. The summed E-state index contributed by atoms with van der Waals surface area (Å²) in [5, 5.41) is 4.29. The maximum Gasteiger partial charge on any atom is 0.287 e. The molecule has 1 saturated carbocycles. The Morgan fingerprint density at radius 2 is 2.09 bits per heavy atom. The molecule has 0 bridgehead atoms. The zero-order chi connectivity index (χ0) is 15.2. The van der Waals surface area contributed by atoms with E-state index < -0.39 is 0 Å². The number of furan rings is 1. The fraction of sp³-hybridized carbons (Fsp3) is 0.278. The Hall–Kier alpha value is -2.49. The van der Waals surface area contributed by atoms with Gasteiger partial charge in [-0.1, -0.05) is 18.2 Å².